The van der Waals surface area contributed by atoms with Gasteiger partial charge in [0.1, 0.15) is 0 Å². The zero-order valence-corrected chi connectivity index (χ0v) is 15.8. The number of rotatable bonds is 4. The van der Waals surface area contributed by atoms with Crippen molar-refractivity contribution in [3.8, 4) is 16.9 Å². The summed E-state index contributed by atoms with van der Waals surface area (Å²) in [5.74, 6) is -0.347. The Morgan fingerprint density at radius 3 is 2.30 bits per heavy atom. The molecule has 1 amide bonds. The van der Waals surface area contributed by atoms with Gasteiger partial charge in [0, 0.05) is 17.6 Å². The Kier molecular flexibility index (Phi) is 5.05. The second kappa shape index (κ2) is 7.68. The first-order valence-corrected chi connectivity index (χ1v) is 9.24. The summed E-state index contributed by atoms with van der Waals surface area (Å²) < 4.78 is 41.8. The summed E-state index contributed by atoms with van der Waals surface area (Å²) in [6.45, 7) is -0.152. The van der Waals surface area contributed by atoms with Gasteiger partial charge >= 0.3 is 6.18 Å². The van der Waals surface area contributed by atoms with Crippen molar-refractivity contribution in [2.24, 2.45) is 5.73 Å². The number of nitrogens with zero attached hydrogens (tertiary/aromatic N) is 1. The van der Waals surface area contributed by atoms with Crippen LogP contribution in [0.2, 0.25) is 0 Å². The number of carbonyl (C=O) groups is 1. The fraction of sp³-hybridized carbons (Fsp3) is 0.0870. The monoisotopic (exact) mass is 409 g/mol. The van der Waals surface area contributed by atoms with Gasteiger partial charge in [0.25, 0.3) is 0 Å². The van der Waals surface area contributed by atoms with Crippen LogP contribution < -0.4 is 11.1 Å². The summed E-state index contributed by atoms with van der Waals surface area (Å²) in [4.78, 5) is 11.4. The molecule has 1 heterocycles. The summed E-state index contributed by atoms with van der Waals surface area (Å²) in [6.07, 6.45) is -3.39. The van der Waals surface area contributed by atoms with Crippen molar-refractivity contribution in [2.75, 3.05) is 11.9 Å². The molecule has 0 fully saturated rings. The van der Waals surface area contributed by atoms with E-state index in [-0.39, 0.29) is 12.5 Å². The maximum absolute atomic E-state index is 13.4. The first-order chi connectivity index (χ1) is 14.3. The van der Waals surface area contributed by atoms with Crippen LogP contribution >= 0.6 is 0 Å². The molecule has 0 unspecified atom stereocenters. The number of fused-ring (bicyclic) bond motifs is 1. The molecular formula is C23H18F3N3O. The SMILES string of the molecule is NCC(=O)Nc1ccc(-n2cc(C(F)(F)F)cc2-c2ccc3ccccc3c2)cc1. The Morgan fingerprint density at radius 2 is 1.63 bits per heavy atom. The number of anilines is 1. The van der Waals surface area contributed by atoms with Crippen LogP contribution in [0.1, 0.15) is 5.56 Å². The summed E-state index contributed by atoms with van der Waals surface area (Å²) in [6, 6.07) is 20.9. The third kappa shape index (κ3) is 3.92. The van der Waals surface area contributed by atoms with E-state index in [1.807, 2.05) is 42.5 Å². The maximum atomic E-state index is 13.4. The van der Waals surface area contributed by atoms with Gasteiger partial charge in [-0.25, -0.2) is 0 Å². The van der Waals surface area contributed by atoms with Crippen molar-refractivity contribution in [3.05, 3.63) is 84.6 Å². The van der Waals surface area contributed by atoms with Gasteiger partial charge in [-0.15, -0.1) is 0 Å². The van der Waals surface area contributed by atoms with Crippen LogP contribution in [0.3, 0.4) is 0 Å². The number of alkyl halides is 3. The molecule has 4 aromatic rings. The number of benzene rings is 3. The number of amides is 1. The van der Waals surface area contributed by atoms with Crippen molar-refractivity contribution in [1.82, 2.24) is 4.57 Å². The smallest absolute Gasteiger partial charge is 0.325 e. The van der Waals surface area contributed by atoms with Gasteiger partial charge < -0.3 is 15.6 Å². The largest absolute Gasteiger partial charge is 0.417 e. The number of hydrogen-bond acceptors (Lipinski definition) is 2. The van der Waals surface area contributed by atoms with Crippen LogP contribution in [0.25, 0.3) is 27.7 Å². The highest BCUT2D eigenvalue weighted by molar-refractivity contribution is 5.92. The zero-order valence-electron chi connectivity index (χ0n) is 15.8. The molecule has 0 spiro atoms. The minimum Gasteiger partial charge on any atom is -0.325 e. The number of nitrogens with one attached hydrogen (secondary N) is 1. The second-order valence-electron chi connectivity index (χ2n) is 6.84. The Morgan fingerprint density at radius 1 is 0.933 bits per heavy atom. The molecule has 0 aliphatic rings. The quantitative estimate of drug-likeness (QED) is 0.486. The fourth-order valence-electron chi connectivity index (χ4n) is 3.32. The summed E-state index contributed by atoms with van der Waals surface area (Å²) >= 11 is 0. The van der Waals surface area contributed by atoms with Crippen LogP contribution in [0, 0.1) is 0 Å². The average Bonchev–Trinajstić information content (AvgIpc) is 3.20. The van der Waals surface area contributed by atoms with Crippen LogP contribution in [0.15, 0.2) is 79.0 Å². The van der Waals surface area contributed by atoms with Crippen LogP contribution in [-0.4, -0.2) is 17.0 Å². The number of nitrogens with two attached hydrogens (primary N) is 1. The maximum Gasteiger partial charge on any atom is 0.417 e. The van der Waals surface area contributed by atoms with Gasteiger partial charge in [0.2, 0.25) is 5.91 Å². The normalized spacial score (nSPS) is 11.6. The molecular weight excluding hydrogens is 391 g/mol. The van der Waals surface area contributed by atoms with E-state index in [1.165, 1.54) is 4.57 Å². The number of halogens is 3. The molecule has 0 saturated heterocycles. The summed E-state index contributed by atoms with van der Waals surface area (Å²) in [7, 11) is 0. The average molecular weight is 409 g/mol. The topological polar surface area (TPSA) is 60.1 Å². The third-order valence-corrected chi connectivity index (χ3v) is 4.81. The first-order valence-electron chi connectivity index (χ1n) is 9.24. The lowest BCUT2D eigenvalue weighted by Gasteiger charge is -2.11. The van der Waals surface area contributed by atoms with E-state index in [2.05, 4.69) is 5.32 Å². The molecule has 0 radical (unpaired) electrons. The van der Waals surface area contributed by atoms with E-state index in [9.17, 15) is 18.0 Å². The molecule has 0 atom stereocenters. The highest BCUT2D eigenvalue weighted by Gasteiger charge is 2.33. The number of carbonyl (C=O) groups excluding carboxylic acids is 1. The fourth-order valence-corrected chi connectivity index (χ4v) is 3.32. The Balaban J connectivity index is 1.80. The van der Waals surface area contributed by atoms with Gasteiger partial charge in [0.15, 0.2) is 0 Å². The molecule has 0 aliphatic heterocycles. The van der Waals surface area contributed by atoms with Crippen LogP contribution in [-0.2, 0) is 11.0 Å². The highest BCUT2D eigenvalue weighted by atomic mass is 19.4. The zero-order chi connectivity index (χ0) is 21.3. The molecule has 0 saturated carbocycles. The van der Waals surface area contributed by atoms with Crippen LogP contribution in [0.5, 0.6) is 0 Å². The van der Waals surface area contributed by atoms with E-state index >= 15 is 0 Å². The molecule has 152 valence electrons. The minimum atomic E-state index is -4.47. The molecule has 4 rings (SSSR count). The van der Waals surface area contributed by atoms with Gasteiger partial charge in [0.05, 0.1) is 17.8 Å². The van der Waals surface area contributed by atoms with Crippen molar-refractivity contribution in [1.29, 1.82) is 0 Å². The van der Waals surface area contributed by atoms with Crippen molar-refractivity contribution >= 4 is 22.4 Å². The lowest BCUT2D eigenvalue weighted by Crippen LogP contribution is -2.21. The molecule has 0 bridgehead atoms. The van der Waals surface area contributed by atoms with Gasteiger partial charge in [-0.1, -0.05) is 36.4 Å². The summed E-state index contributed by atoms with van der Waals surface area (Å²) in [5, 5.41) is 4.56. The molecule has 1 aromatic heterocycles. The lowest BCUT2D eigenvalue weighted by molar-refractivity contribution is -0.137. The minimum absolute atomic E-state index is 0.152. The highest BCUT2D eigenvalue weighted by Crippen LogP contribution is 2.36. The van der Waals surface area contributed by atoms with Gasteiger partial charge in [-0.3, -0.25) is 4.79 Å². The molecule has 30 heavy (non-hydrogen) atoms. The van der Waals surface area contributed by atoms with E-state index in [4.69, 9.17) is 5.73 Å². The molecule has 0 aliphatic carbocycles. The molecule has 3 aromatic carbocycles. The van der Waals surface area contributed by atoms with E-state index in [1.54, 1.807) is 24.3 Å². The van der Waals surface area contributed by atoms with Crippen molar-refractivity contribution < 1.29 is 18.0 Å². The van der Waals surface area contributed by atoms with E-state index in [0.29, 0.717) is 22.6 Å². The standard InChI is InChI=1S/C23H18F3N3O/c24-23(25,26)18-12-21(17-6-5-15-3-1-2-4-16(15)11-17)29(14-18)20-9-7-19(8-10-20)28-22(30)13-27/h1-12,14H,13,27H2,(H,28,30). The van der Waals surface area contributed by atoms with Crippen molar-refractivity contribution in [2.45, 2.75) is 6.18 Å². The lowest BCUT2D eigenvalue weighted by atomic mass is 10.0. The molecule has 4 nitrogen and oxygen atoms in total. The first kappa shape index (κ1) is 19.7. The Hall–Kier alpha value is -3.58. The Bertz CT molecular complexity index is 1210. The van der Waals surface area contributed by atoms with Crippen LogP contribution in [0.4, 0.5) is 18.9 Å². The molecule has 3 N–H and O–H groups in total. The van der Waals surface area contributed by atoms with Gasteiger partial charge in [-0.05, 0) is 52.7 Å². The van der Waals surface area contributed by atoms with Gasteiger partial charge in [-0.2, -0.15) is 13.2 Å². The predicted molar refractivity (Wildman–Crippen MR) is 111 cm³/mol. The van der Waals surface area contributed by atoms with E-state index < -0.39 is 11.7 Å². The number of hydrogen-bond donors (Lipinski definition) is 2. The van der Waals surface area contributed by atoms with E-state index in [0.717, 1.165) is 23.0 Å². The third-order valence-electron chi connectivity index (χ3n) is 4.81. The van der Waals surface area contributed by atoms with Crippen molar-refractivity contribution in [3.63, 3.8) is 0 Å². The Labute approximate surface area is 170 Å². The predicted octanol–water partition coefficient (Wildman–Crippen LogP) is 5.21. The molecule has 7 heteroatoms. The summed E-state index contributed by atoms with van der Waals surface area (Å²) in [5.41, 5.74) is 6.71. The second-order valence-corrected chi connectivity index (χ2v) is 6.84. The number of aromatic nitrogens is 1.